The Kier molecular flexibility index (Phi) is 2.96. The van der Waals surface area contributed by atoms with Gasteiger partial charge in [-0.15, -0.1) is 0 Å². The van der Waals surface area contributed by atoms with Gasteiger partial charge in [0.15, 0.2) is 0 Å². The number of carbonyl (C=O) groups is 2. The van der Waals surface area contributed by atoms with E-state index >= 15 is 0 Å². The van der Waals surface area contributed by atoms with E-state index in [4.69, 9.17) is 14.2 Å². The molecule has 138 valence electrons. The van der Waals surface area contributed by atoms with Gasteiger partial charge in [0.2, 0.25) is 0 Å². The Bertz CT molecular complexity index is 660. The molecule has 5 aliphatic rings. The molecule has 5 fully saturated rings. The van der Waals surface area contributed by atoms with Crippen molar-refractivity contribution in [3.05, 3.63) is 0 Å². The number of esters is 2. The minimum Gasteiger partial charge on any atom is -0.463 e. The second kappa shape index (κ2) is 4.59. The van der Waals surface area contributed by atoms with Crippen molar-refractivity contribution < 1.29 is 23.8 Å². The van der Waals surface area contributed by atoms with Crippen molar-refractivity contribution in [2.24, 2.45) is 22.7 Å². The average molecular weight is 348 g/mol. The summed E-state index contributed by atoms with van der Waals surface area (Å²) in [4.78, 5) is 24.5. The lowest BCUT2D eigenvalue weighted by Gasteiger charge is -2.62. The lowest BCUT2D eigenvalue weighted by molar-refractivity contribution is -0.251. The van der Waals surface area contributed by atoms with E-state index in [1.165, 1.54) is 0 Å². The highest BCUT2D eigenvalue weighted by Crippen LogP contribution is 2.70. The van der Waals surface area contributed by atoms with Gasteiger partial charge in [-0.25, -0.2) is 0 Å². The van der Waals surface area contributed by atoms with E-state index in [1.54, 1.807) is 0 Å². The maximum atomic E-state index is 12.7. The Morgan fingerprint density at radius 2 is 1.88 bits per heavy atom. The zero-order valence-corrected chi connectivity index (χ0v) is 15.4. The molecule has 5 heteroatoms. The van der Waals surface area contributed by atoms with Crippen molar-refractivity contribution in [2.75, 3.05) is 6.61 Å². The first-order valence-corrected chi connectivity index (χ1v) is 9.82. The fourth-order valence-electron chi connectivity index (χ4n) is 7.44. The lowest BCUT2D eigenvalue weighted by atomic mass is 9.44. The molecule has 3 aliphatic heterocycles. The van der Waals surface area contributed by atoms with Gasteiger partial charge in [0.1, 0.15) is 18.3 Å². The van der Waals surface area contributed by atoms with Crippen LogP contribution < -0.4 is 0 Å². The lowest BCUT2D eigenvalue weighted by Crippen LogP contribution is -2.65. The molecule has 3 heterocycles. The second-order valence-corrected chi connectivity index (χ2v) is 9.76. The highest BCUT2D eigenvalue weighted by molar-refractivity contribution is 5.80. The van der Waals surface area contributed by atoms with Gasteiger partial charge in [0, 0.05) is 11.3 Å². The van der Waals surface area contributed by atoms with E-state index in [0.717, 1.165) is 38.5 Å². The zero-order valence-electron chi connectivity index (χ0n) is 15.4. The summed E-state index contributed by atoms with van der Waals surface area (Å²) in [6.07, 6.45) is 6.10. The summed E-state index contributed by atoms with van der Waals surface area (Å²) in [5.74, 6) is 0.369. The van der Waals surface area contributed by atoms with Crippen LogP contribution in [0, 0.1) is 22.7 Å². The SMILES string of the molecule is C[C@@H]1C[C@H]2OC(=O)[C@@]3(C)CCC[C@@](C)(C23)[C@@]12CC[C@@]1(COC(=O)C1)O2. The third-order valence-corrected chi connectivity index (χ3v) is 8.52. The van der Waals surface area contributed by atoms with E-state index in [1.807, 2.05) is 0 Å². The van der Waals surface area contributed by atoms with Crippen LogP contribution in [-0.4, -0.2) is 35.9 Å². The fraction of sp³-hybridized carbons (Fsp3) is 0.900. The van der Waals surface area contributed by atoms with Gasteiger partial charge >= 0.3 is 11.9 Å². The van der Waals surface area contributed by atoms with Gasteiger partial charge in [0.05, 0.1) is 17.4 Å². The molecule has 5 nitrogen and oxygen atoms in total. The van der Waals surface area contributed by atoms with Gasteiger partial charge in [-0.2, -0.15) is 0 Å². The highest BCUT2D eigenvalue weighted by Gasteiger charge is 2.74. The minimum atomic E-state index is -0.446. The Balaban J connectivity index is 1.59. The summed E-state index contributed by atoms with van der Waals surface area (Å²) >= 11 is 0. The number of carbonyl (C=O) groups excluding carboxylic acids is 2. The third-order valence-electron chi connectivity index (χ3n) is 8.52. The zero-order chi connectivity index (χ0) is 17.7. The van der Waals surface area contributed by atoms with Gasteiger partial charge < -0.3 is 14.2 Å². The summed E-state index contributed by atoms with van der Waals surface area (Å²) in [7, 11) is 0. The molecule has 2 spiro atoms. The summed E-state index contributed by atoms with van der Waals surface area (Å²) in [5.41, 5.74) is -1.20. The number of ether oxygens (including phenoxy) is 3. The highest BCUT2D eigenvalue weighted by atomic mass is 16.6. The Hall–Kier alpha value is -1.10. The van der Waals surface area contributed by atoms with Crippen molar-refractivity contribution in [1.82, 2.24) is 0 Å². The van der Waals surface area contributed by atoms with Crippen molar-refractivity contribution in [3.8, 4) is 0 Å². The van der Waals surface area contributed by atoms with E-state index in [9.17, 15) is 9.59 Å². The van der Waals surface area contributed by atoms with Crippen LogP contribution in [0.5, 0.6) is 0 Å². The van der Waals surface area contributed by atoms with Crippen LogP contribution in [0.3, 0.4) is 0 Å². The fourth-order valence-corrected chi connectivity index (χ4v) is 7.44. The largest absolute Gasteiger partial charge is 0.463 e. The van der Waals surface area contributed by atoms with Crippen LogP contribution in [0.4, 0.5) is 0 Å². The molecule has 0 bridgehead atoms. The van der Waals surface area contributed by atoms with E-state index < -0.39 is 5.60 Å². The summed E-state index contributed by atoms with van der Waals surface area (Å²) in [6, 6.07) is 0. The molecule has 2 aliphatic carbocycles. The average Bonchev–Trinajstić information content (AvgIpc) is 3.17. The van der Waals surface area contributed by atoms with Gasteiger partial charge in [-0.1, -0.05) is 20.3 Å². The number of hydrogen-bond acceptors (Lipinski definition) is 5. The molecule has 0 aromatic rings. The molecule has 0 aromatic heterocycles. The number of hydrogen-bond donors (Lipinski definition) is 0. The molecule has 0 aromatic carbocycles. The van der Waals surface area contributed by atoms with Crippen LogP contribution in [-0.2, 0) is 23.8 Å². The van der Waals surface area contributed by atoms with E-state index in [-0.39, 0.29) is 40.4 Å². The molecule has 5 rings (SSSR count). The maximum Gasteiger partial charge on any atom is 0.312 e. The molecular weight excluding hydrogens is 320 g/mol. The first-order valence-electron chi connectivity index (χ1n) is 9.82. The van der Waals surface area contributed by atoms with Crippen LogP contribution in [0.1, 0.15) is 65.7 Å². The number of cyclic esters (lactones) is 1. The number of fused-ring (bicyclic) bond motifs is 1. The summed E-state index contributed by atoms with van der Waals surface area (Å²) < 4.78 is 18.0. The predicted molar refractivity (Wildman–Crippen MR) is 88.6 cm³/mol. The van der Waals surface area contributed by atoms with Crippen molar-refractivity contribution in [2.45, 2.75) is 83.0 Å². The van der Waals surface area contributed by atoms with E-state index in [0.29, 0.717) is 18.9 Å². The minimum absolute atomic E-state index is 0.00948. The molecule has 0 N–H and O–H groups in total. The maximum absolute atomic E-state index is 12.7. The molecule has 1 unspecified atom stereocenters. The van der Waals surface area contributed by atoms with Crippen LogP contribution >= 0.6 is 0 Å². The van der Waals surface area contributed by atoms with Gasteiger partial charge in [0.25, 0.3) is 0 Å². The number of rotatable bonds is 0. The summed E-state index contributed by atoms with van der Waals surface area (Å²) in [6.45, 7) is 7.07. The first kappa shape index (κ1) is 16.1. The molecule has 25 heavy (non-hydrogen) atoms. The first-order chi connectivity index (χ1) is 11.7. The Morgan fingerprint density at radius 1 is 1.08 bits per heavy atom. The van der Waals surface area contributed by atoms with E-state index in [2.05, 4.69) is 20.8 Å². The Labute approximate surface area is 148 Å². The normalized spacial score (nSPS) is 57.0. The smallest absolute Gasteiger partial charge is 0.312 e. The van der Waals surface area contributed by atoms with Crippen molar-refractivity contribution in [3.63, 3.8) is 0 Å². The molecular formula is C20H28O5. The van der Waals surface area contributed by atoms with Crippen molar-refractivity contribution >= 4 is 11.9 Å². The molecule has 7 atom stereocenters. The molecule has 3 saturated heterocycles. The topological polar surface area (TPSA) is 61.8 Å². The monoisotopic (exact) mass is 348 g/mol. The van der Waals surface area contributed by atoms with Gasteiger partial charge in [-0.05, 0) is 44.9 Å². The molecule has 0 radical (unpaired) electrons. The van der Waals surface area contributed by atoms with Crippen LogP contribution in [0.25, 0.3) is 0 Å². The Morgan fingerprint density at radius 3 is 2.60 bits per heavy atom. The third kappa shape index (κ3) is 1.74. The summed E-state index contributed by atoms with van der Waals surface area (Å²) in [5, 5.41) is 0. The molecule has 0 amide bonds. The van der Waals surface area contributed by atoms with Crippen LogP contribution in [0.2, 0.25) is 0 Å². The van der Waals surface area contributed by atoms with Gasteiger partial charge in [-0.3, -0.25) is 9.59 Å². The standard InChI is InChI=1S/C20H28O5/c1-12-9-13-15-17(2,16(22)24-13)5-4-6-18(15,3)20(12)8-7-19(25-20)10-14(21)23-11-19/h12-13,15H,4-11H2,1-3H3/t12-,13-,15?,17+,18+,19-,20-/m1/s1. The van der Waals surface area contributed by atoms with Crippen LogP contribution in [0.15, 0.2) is 0 Å². The van der Waals surface area contributed by atoms with Crippen molar-refractivity contribution in [1.29, 1.82) is 0 Å². The predicted octanol–water partition coefficient (Wildman–Crippen LogP) is 3.00. The second-order valence-electron chi connectivity index (χ2n) is 9.76. The molecule has 2 saturated carbocycles. The quantitative estimate of drug-likeness (QED) is 0.630.